The predicted molar refractivity (Wildman–Crippen MR) is 84.4 cm³/mol. The number of nitrogens with zero attached hydrogens (tertiary/aromatic N) is 2. The maximum absolute atomic E-state index is 12.7. The molecule has 0 aliphatic carbocycles. The highest BCUT2D eigenvalue weighted by Crippen LogP contribution is 2.34. The first-order valence-electron chi connectivity index (χ1n) is 6.39. The van der Waals surface area contributed by atoms with Gasteiger partial charge in [0, 0.05) is 25.2 Å². The standard InChI is InChI=1S/C12H17BrN2O4S2/c1-7-5-15(6-8(2)14(7)3)21(18,19)10-4-9(12(16)17)20-11(10)13/h4,7-8H,5-6H2,1-3H3,(H,16,17). The summed E-state index contributed by atoms with van der Waals surface area (Å²) >= 11 is 4.09. The van der Waals surface area contributed by atoms with Gasteiger partial charge in [0.05, 0.1) is 3.79 Å². The highest BCUT2D eigenvalue weighted by Gasteiger charge is 2.36. The minimum Gasteiger partial charge on any atom is -0.477 e. The van der Waals surface area contributed by atoms with E-state index in [-0.39, 0.29) is 21.9 Å². The zero-order valence-electron chi connectivity index (χ0n) is 11.9. The lowest BCUT2D eigenvalue weighted by atomic mass is 10.1. The summed E-state index contributed by atoms with van der Waals surface area (Å²) in [6.45, 7) is 4.74. The van der Waals surface area contributed by atoms with Crippen molar-refractivity contribution < 1.29 is 18.3 Å². The third-order valence-electron chi connectivity index (χ3n) is 3.81. The van der Waals surface area contributed by atoms with Gasteiger partial charge in [0.2, 0.25) is 10.0 Å². The van der Waals surface area contributed by atoms with Crippen LogP contribution in [0.1, 0.15) is 23.5 Å². The van der Waals surface area contributed by atoms with Gasteiger partial charge in [0.15, 0.2) is 0 Å². The number of carboxylic acids is 1. The molecule has 0 radical (unpaired) electrons. The molecular formula is C12H17BrN2O4S2. The molecule has 0 amide bonds. The van der Waals surface area contributed by atoms with Crippen molar-refractivity contribution in [3.05, 3.63) is 14.7 Å². The van der Waals surface area contributed by atoms with Gasteiger partial charge < -0.3 is 5.11 Å². The van der Waals surface area contributed by atoms with Gasteiger partial charge in [-0.2, -0.15) is 4.31 Å². The van der Waals surface area contributed by atoms with Gasteiger partial charge in [-0.1, -0.05) is 0 Å². The van der Waals surface area contributed by atoms with Crippen molar-refractivity contribution in [3.8, 4) is 0 Å². The van der Waals surface area contributed by atoms with Crippen molar-refractivity contribution in [1.82, 2.24) is 9.21 Å². The van der Waals surface area contributed by atoms with Gasteiger partial charge in [-0.3, -0.25) is 4.90 Å². The summed E-state index contributed by atoms with van der Waals surface area (Å²) in [5.41, 5.74) is 0. The second-order valence-electron chi connectivity index (χ2n) is 5.24. The molecule has 6 nitrogen and oxygen atoms in total. The summed E-state index contributed by atoms with van der Waals surface area (Å²) in [6, 6.07) is 1.44. The number of hydrogen-bond donors (Lipinski definition) is 1. The van der Waals surface area contributed by atoms with Crippen LogP contribution in [0.15, 0.2) is 14.7 Å². The maximum atomic E-state index is 12.7. The zero-order chi connectivity index (χ0) is 15.9. The molecule has 1 saturated heterocycles. The molecule has 2 atom stereocenters. The van der Waals surface area contributed by atoms with E-state index in [9.17, 15) is 13.2 Å². The maximum Gasteiger partial charge on any atom is 0.345 e. The summed E-state index contributed by atoms with van der Waals surface area (Å²) in [5.74, 6) is -1.12. The minimum atomic E-state index is -3.69. The molecular weight excluding hydrogens is 380 g/mol. The third kappa shape index (κ3) is 3.16. The van der Waals surface area contributed by atoms with E-state index in [4.69, 9.17) is 5.11 Å². The number of halogens is 1. The average Bonchev–Trinajstić information content (AvgIpc) is 2.78. The molecule has 0 spiro atoms. The van der Waals surface area contributed by atoms with E-state index in [2.05, 4.69) is 20.8 Å². The molecule has 2 rings (SSSR count). The van der Waals surface area contributed by atoms with Crippen LogP contribution in [0.4, 0.5) is 0 Å². The summed E-state index contributed by atoms with van der Waals surface area (Å²) < 4.78 is 27.2. The molecule has 2 unspecified atom stereocenters. The Morgan fingerprint density at radius 2 is 1.90 bits per heavy atom. The smallest absolute Gasteiger partial charge is 0.345 e. The van der Waals surface area contributed by atoms with E-state index < -0.39 is 16.0 Å². The Labute approximate surface area is 136 Å². The van der Waals surface area contributed by atoms with Crippen LogP contribution >= 0.6 is 27.3 Å². The summed E-state index contributed by atoms with van der Waals surface area (Å²) in [5, 5.41) is 8.99. The number of carbonyl (C=O) groups is 1. The molecule has 9 heteroatoms. The molecule has 0 aromatic carbocycles. The number of carboxylic acid groups (broad SMARTS) is 1. The molecule has 1 aromatic rings. The fourth-order valence-corrected chi connectivity index (χ4v) is 6.28. The number of rotatable bonds is 3. The predicted octanol–water partition coefficient (Wildman–Crippen LogP) is 1.92. The normalized spacial score (nSPS) is 25.1. The molecule has 1 fully saturated rings. The molecule has 2 heterocycles. The van der Waals surface area contributed by atoms with Crippen LogP contribution in [0, 0.1) is 0 Å². The second-order valence-corrected chi connectivity index (χ2v) is 9.52. The summed E-state index contributed by atoms with van der Waals surface area (Å²) in [6.07, 6.45) is 0. The first-order valence-corrected chi connectivity index (χ1v) is 9.44. The van der Waals surface area contributed by atoms with E-state index in [1.165, 1.54) is 10.4 Å². The Balaban J connectivity index is 2.36. The van der Waals surface area contributed by atoms with Crippen molar-refractivity contribution in [2.75, 3.05) is 20.1 Å². The Hall–Kier alpha value is -0.480. The van der Waals surface area contributed by atoms with E-state index in [1.54, 1.807) is 0 Å². The lowest BCUT2D eigenvalue weighted by molar-refractivity contribution is 0.0702. The monoisotopic (exact) mass is 396 g/mol. The van der Waals surface area contributed by atoms with Crippen LogP contribution in [0.5, 0.6) is 0 Å². The second kappa shape index (κ2) is 5.96. The Bertz CT molecular complexity index is 646. The van der Waals surface area contributed by atoms with E-state index in [0.717, 1.165) is 11.3 Å². The number of aromatic carboxylic acids is 1. The number of thiophene rings is 1. The van der Waals surface area contributed by atoms with Gasteiger partial charge in [-0.15, -0.1) is 11.3 Å². The number of likely N-dealkylation sites (N-methyl/N-ethyl adjacent to an activating group) is 1. The Kier molecular flexibility index (Phi) is 4.79. The third-order valence-corrected chi connectivity index (χ3v) is 7.88. The van der Waals surface area contributed by atoms with Crippen molar-refractivity contribution in [3.63, 3.8) is 0 Å². The van der Waals surface area contributed by atoms with Crippen LogP contribution in [0.25, 0.3) is 0 Å². The minimum absolute atomic E-state index is 0.00988. The van der Waals surface area contributed by atoms with Crippen LogP contribution in [-0.4, -0.2) is 60.9 Å². The number of piperazine rings is 1. The van der Waals surface area contributed by atoms with Crippen molar-refractivity contribution in [1.29, 1.82) is 0 Å². The van der Waals surface area contributed by atoms with Crippen molar-refractivity contribution in [2.24, 2.45) is 0 Å². The van der Waals surface area contributed by atoms with Crippen molar-refractivity contribution in [2.45, 2.75) is 30.8 Å². The fraction of sp³-hybridized carbons (Fsp3) is 0.583. The topological polar surface area (TPSA) is 77.9 Å². The molecule has 118 valence electrons. The average molecular weight is 397 g/mol. The summed E-state index contributed by atoms with van der Waals surface area (Å²) in [7, 11) is -1.71. The SMILES string of the molecule is CC1CN(S(=O)(=O)c2cc(C(=O)O)sc2Br)CC(C)N1C. The fourth-order valence-electron chi connectivity index (χ4n) is 2.32. The lowest BCUT2D eigenvalue weighted by Crippen LogP contribution is -2.56. The van der Waals surface area contributed by atoms with Crippen LogP contribution in [0.3, 0.4) is 0 Å². The molecule has 0 bridgehead atoms. The summed E-state index contributed by atoms with van der Waals surface area (Å²) in [4.78, 5) is 13.2. The lowest BCUT2D eigenvalue weighted by Gasteiger charge is -2.41. The van der Waals surface area contributed by atoms with Crippen LogP contribution < -0.4 is 0 Å². The molecule has 1 aromatic heterocycles. The van der Waals surface area contributed by atoms with Gasteiger partial charge in [-0.05, 0) is 42.9 Å². The zero-order valence-corrected chi connectivity index (χ0v) is 15.1. The van der Waals surface area contributed by atoms with Gasteiger partial charge >= 0.3 is 5.97 Å². The van der Waals surface area contributed by atoms with Crippen LogP contribution in [-0.2, 0) is 10.0 Å². The van der Waals surface area contributed by atoms with Crippen molar-refractivity contribution >= 4 is 43.3 Å². The highest BCUT2D eigenvalue weighted by atomic mass is 79.9. The molecule has 1 N–H and O–H groups in total. The van der Waals surface area contributed by atoms with Gasteiger partial charge in [0.25, 0.3) is 0 Å². The van der Waals surface area contributed by atoms with E-state index >= 15 is 0 Å². The van der Waals surface area contributed by atoms with E-state index in [0.29, 0.717) is 16.9 Å². The quantitative estimate of drug-likeness (QED) is 0.843. The molecule has 0 saturated carbocycles. The van der Waals surface area contributed by atoms with Gasteiger partial charge in [0.1, 0.15) is 9.77 Å². The molecule has 1 aliphatic rings. The van der Waals surface area contributed by atoms with Crippen LogP contribution in [0.2, 0.25) is 0 Å². The number of hydrogen-bond acceptors (Lipinski definition) is 5. The Morgan fingerprint density at radius 1 is 1.38 bits per heavy atom. The highest BCUT2D eigenvalue weighted by molar-refractivity contribution is 9.11. The number of sulfonamides is 1. The van der Waals surface area contributed by atoms with E-state index in [1.807, 2.05) is 20.9 Å². The van der Waals surface area contributed by atoms with Gasteiger partial charge in [-0.25, -0.2) is 13.2 Å². The first-order chi connectivity index (χ1) is 9.64. The molecule has 21 heavy (non-hydrogen) atoms. The largest absolute Gasteiger partial charge is 0.477 e. The Morgan fingerprint density at radius 3 is 2.33 bits per heavy atom. The molecule has 1 aliphatic heterocycles. The first kappa shape index (κ1) is 16.9.